The van der Waals surface area contributed by atoms with Crippen LogP contribution < -0.4 is 4.74 Å². The van der Waals surface area contributed by atoms with Crippen molar-refractivity contribution in [3.63, 3.8) is 0 Å². The van der Waals surface area contributed by atoms with Gasteiger partial charge in [0.05, 0.1) is 7.11 Å². The van der Waals surface area contributed by atoms with E-state index in [-0.39, 0.29) is 5.41 Å². The fourth-order valence-corrected chi connectivity index (χ4v) is 5.12. The van der Waals surface area contributed by atoms with Gasteiger partial charge in [0, 0.05) is 12.0 Å². The topological polar surface area (TPSA) is 26.3 Å². The highest BCUT2D eigenvalue weighted by Crippen LogP contribution is 2.59. The molecule has 1 unspecified atom stereocenters. The number of carbonyl (C=O) groups is 1. The molecule has 0 spiro atoms. The molecule has 116 valence electrons. The molecule has 0 aliphatic heterocycles. The lowest BCUT2D eigenvalue weighted by atomic mass is 9.60. The van der Waals surface area contributed by atoms with Gasteiger partial charge in [-0.2, -0.15) is 0 Å². The number of hydrogen-bond acceptors (Lipinski definition) is 2. The standard InChI is InChI=1S/C20H24O2/c1-12-4-9-17-16-7-5-13-10-14(22-3)6-8-15(13)19(16)18(21)11-20(12,17)2/h6,8,10,12,17H,4-5,7,9,11H2,1-3H3/t12-,17?,20+/m0/s1. The number of benzene rings is 1. The molecule has 0 saturated heterocycles. The smallest absolute Gasteiger partial charge is 0.164 e. The summed E-state index contributed by atoms with van der Waals surface area (Å²) in [4.78, 5) is 13.0. The minimum atomic E-state index is 0.194. The number of aryl methyl sites for hydroxylation is 1. The molecule has 22 heavy (non-hydrogen) atoms. The van der Waals surface area contributed by atoms with Gasteiger partial charge in [0.1, 0.15) is 5.75 Å². The zero-order valence-electron chi connectivity index (χ0n) is 13.7. The molecule has 3 aliphatic carbocycles. The number of hydrogen-bond donors (Lipinski definition) is 0. The molecule has 1 fully saturated rings. The summed E-state index contributed by atoms with van der Waals surface area (Å²) in [5.74, 6) is 2.54. The lowest BCUT2D eigenvalue weighted by molar-refractivity contribution is -0.117. The Kier molecular flexibility index (Phi) is 3.01. The molecule has 1 aromatic rings. The minimum Gasteiger partial charge on any atom is -0.497 e. The summed E-state index contributed by atoms with van der Waals surface area (Å²) < 4.78 is 5.34. The maximum atomic E-state index is 13.0. The van der Waals surface area contributed by atoms with Gasteiger partial charge in [0.2, 0.25) is 0 Å². The molecule has 1 saturated carbocycles. The summed E-state index contributed by atoms with van der Waals surface area (Å²) in [6, 6.07) is 6.20. The lowest BCUT2D eigenvalue weighted by Crippen LogP contribution is -2.37. The molecule has 3 atom stereocenters. The Bertz CT molecular complexity index is 685. The molecule has 0 radical (unpaired) electrons. The minimum absolute atomic E-state index is 0.194. The van der Waals surface area contributed by atoms with Crippen LogP contribution in [0.15, 0.2) is 23.8 Å². The van der Waals surface area contributed by atoms with Crippen LogP contribution in [0.1, 0.15) is 50.7 Å². The van der Waals surface area contributed by atoms with E-state index >= 15 is 0 Å². The molecule has 0 heterocycles. The SMILES string of the molecule is COc1ccc2c(c1)CCC1=C2C(=O)C[C@@]2(C)C1CC[C@@H]2C. The lowest BCUT2D eigenvalue weighted by Gasteiger charge is -2.43. The van der Waals surface area contributed by atoms with Gasteiger partial charge < -0.3 is 4.74 Å². The van der Waals surface area contributed by atoms with Gasteiger partial charge in [0.25, 0.3) is 0 Å². The third kappa shape index (κ3) is 1.76. The molecule has 3 aliphatic rings. The van der Waals surface area contributed by atoms with Crippen molar-refractivity contribution in [2.45, 2.75) is 46.0 Å². The number of methoxy groups -OCH3 is 1. The number of rotatable bonds is 1. The predicted octanol–water partition coefficient (Wildman–Crippen LogP) is 4.42. The van der Waals surface area contributed by atoms with Crippen molar-refractivity contribution in [1.82, 2.24) is 0 Å². The molecule has 0 amide bonds. The molecule has 1 aromatic carbocycles. The van der Waals surface area contributed by atoms with E-state index in [9.17, 15) is 4.79 Å². The van der Waals surface area contributed by atoms with Gasteiger partial charge in [-0.3, -0.25) is 4.79 Å². The second-order valence-electron chi connectivity index (χ2n) is 7.56. The van der Waals surface area contributed by atoms with Crippen molar-refractivity contribution in [3.05, 3.63) is 34.9 Å². The molecular formula is C20H24O2. The van der Waals surface area contributed by atoms with Crippen LogP contribution >= 0.6 is 0 Å². The highest BCUT2D eigenvalue weighted by Gasteiger charge is 2.51. The monoisotopic (exact) mass is 296 g/mol. The number of allylic oxidation sites excluding steroid dienone is 2. The summed E-state index contributed by atoms with van der Waals surface area (Å²) in [6.07, 6.45) is 5.34. The number of Topliss-reactive ketones (excluding diaryl/α,β-unsaturated/α-hetero) is 1. The van der Waals surface area contributed by atoms with Crippen LogP contribution in [0.2, 0.25) is 0 Å². The number of ether oxygens (including phenoxy) is 1. The van der Waals surface area contributed by atoms with Crippen molar-refractivity contribution in [2.24, 2.45) is 17.3 Å². The van der Waals surface area contributed by atoms with Crippen molar-refractivity contribution < 1.29 is 9.53 Å². The van der Waals surface area contributed by atoms with Crippen LogP contribution in [0.4, 0.5) is 0 Å². The normalized spacial score (nSPS) is 33.3. The number of fused-ring (bicyclic) bond motifs is 4. The highest BCUT2D eigenvalue weighted by molar-refractivity contribution is 6.23. The van der Waals surface area contributed by atoms with Crippen molar-refractivity contribution in [1.29, 1.82) is 0 Å². The van der Waals surface area contributed by atoms with Crippen molar-refractivity contribution >= 4 is 11.4 Å². The first kappa shape index (κ1) is 14.0. The Labute approximate surface area is 132 Å². The van der Waals surface area contributed by atoms with Crippen LogP contribution in [-0.2, 0) is 11.2 Å². The van der Waals surface area contributed by atoms with Crippen LogP contribution in [0.25, 0.3) is 5.57 Å². The second-order valence-corrected chi connectivity index (χ2v) is 7.56. The summed E-state index contributed by atoms with van der Waals surface area (Å²) in [7, 11) is 1.70. The average molecular weight is 296 g/mol. The molecule has 2 nitrogen and oxygen atoms in total. The first-order valence-electron chi connectivity index (χ1n) is 8.48. The number of carbonyl (C=O) groups excluding carboxylic acids is 1. The molecular weight excluding hydrogens is 272 g/mol. The van der Waals surface area contributed by atoms with E-state index in [1.807, 2.05) is 6.07 Å². The highest BCUT2D eigenvalue weighted by atomic mass is 16.5. The zero-order valence-corrected chi connectivity index (χ0v) is 13.7. The Morgan fingerprint density at radius 2 is 2.05 bits per heavy atom. The van der Waals surface area contributed by atoms with Crippen molar-refractivity contribution in [2.75, 3.05) is 7.11 Å². The fourth-order valence-electron chi connectivity index (χ4n) is 5.12. The molecule has 0 bridgehead atoms. The summed E-state index contributed by atoms with van der Waals surface area (Å²) in [5.41, 5.74) is 5.16. The van der Waals surface area contributed by atoms with Gasteiger partial charge in [-0.15, -0.1) is 0 Å². The van der Waals surface area contributed by atoms with E-state index in [4.69, 9.17) is 4.74 Å². The quantitative estimate of drug-likeness (QED) is 0.767. The zero-order chi connectivity index (χ0) is 15.5. The maximum absolute atomic E-state index is 13.0. The summed E-state index contributed by atoms with van der Waals surface area (Å²) >= 11 is 0. The Balaban J connectivity index is 1.86. The van der Waals surface area contributed by atoms with Crippen molar-refractivity contribution in [3.8, 4) is 5.75 Å². The third-order valence-electron chi connectivity index (χ3n) is 6.62. The van der Waals surface area contributed by atoms with Crippen LogP contribution in [0.5, 0.6) is 5.75 Å². The van der Waals surface area contributed by atoms with E-state index in [0.717, 1.165) is 30.6 Å². The predicted molar refractivity (Wildman–Crippen MR) is 87.9 cm³/mol. The van der Waals surface area contributed by atoms with Gasteiger partial charge in [0.15, 0.2) is 5.78 Å². The molecule has 4 rings (SSSR count). The Morgan fingerprint density at radius 3 is 2.82 bits per heavy atom. The largest absolute Gasteiger partial charge is 0.497 e. The van der Waals surface area contributed by atoms with Crippen LogP contribution in [0.3, 0.4) is 0 Å². The van der Waals surface area contributed by atoms with E-state index in [1.165, 1.54) is 29.5 Å². The van der Waals surface area contributed by atoms with E-state index < -0.39 is 0 Å². The second kappa shape index (κ2) is 4.71. The molecule has 0 N–H and O–H groups in total. The van der Waals surface area contributed by atoms with E-state index in [0.29, 0.717) is 17.6 Å². The maximum Gasteiger partial charge on any atom is 0.164 e. The van der Waals surface area contributed by atoms with Gasteiger partial charge in [-0.25, -0.2) is 0 Å². The first-order valence-corrected chi connectivity index (χ1v) is 8.48. The average Bonchev–Trinajstić information content (AvgIpc) is 2.81. The fraction of sp³-hybridized carbons (Fsp3) is 0.550. The third-order valence-corrected chi connectivity index (χ3v) is 6.62. The van der Waals surface area contributed by atoms with E-state index in [2.05, 4.69) is 26.0 Å². The first-order chi connectivity index (χ1) is 10.5. The molecule has 0 aromatic heterocycles. The number of ketones is 1. The van der Waals surface area contributed by atoms with Gasteiger partial charge in [-0.1, -0.05) is 25.5 Å². The van der Waals surface area contributed by atoms with Gasteiger partial charge in [-0.05, 0) is 66.2 Å². The summed E-state index contributed by atoms with van der Waals surface area (Å²) in [5, 5.41) is 0. The Hall–Kier alpha value is -1.57. The van der Waals surface area contributed by atoms with E-state index in [1.54, 1.807) is 7.11 Å². The Morgan fingerprint density at radius 1 is 1.23 bits per heavy atom. The van der Waals surface area contributed by atoms with Crippen LogP contribution in [-0.4, -0.2) is 12.9 Å². The molecule has 2 heteroatoms. The van der Waals surface area contributed by atoms with Crippen LogP contribution in [0, 0.1) is 17.3 Å². The van der Waals surface area contributed by atoms with Gasteiger partial charge >= 0.3 is 0 Å². The summed E-state index contributed by atoms with van der Waals surface area (Å²) in [6.45, 7) is 4.68.